The molecule has 24 heavy (non-hydrogen) atoms. The molecular weight excluding hydrogens is 328 g/mol. The van der Waals surface area contributed by atoms with E-state index in [2.05, 4.69) is 4.98 Å². The number of ether oxygens (including phenoxy) is 1. The number of carbonyl (C=O) groups excluding carboxylic acids is 1. The van der Waals surface area contributed by atoms with Crippen molar-refractivity contribution in [2.75, 3.05) is 6.61 Å². The average molecular weight is 347 g/mol. The van der Waals surface area contributed by atoms with Crippen molar-refractivity contribution in [3.05, 3.63) is 52.8 Å². The summed E-state index contributed by atoms with van der Waals surface area (Å²) in [6.45, 7) is 2.71. The van der Waals surface area contributed by atoms with E-state index < -0.39 is 0 Å². The number of pyridine rings is 1. The van der Waals surface area contributed by atoms with Gasteiger partial charge < -0.3 is 14.7 Å². The summed E-state index contributed by atoms with van der Waals surface area (Å²) >= 11 is 6.05. The van der Waals surface area contributed by atoms with Gasteiger partial charge in [0.25, 0.3) is 5.91 Å². The van der Waals surface area contributed by atoms with Gasteiger partial charge >= 0.3 is 0 Å². The third kappa shape index (κ3) is 3.62. The molecule has 0 aliphatic heterocycles. The number of rotatable bonds is 6. The van der Waals surface area contributed by atoms with E-state index in [0.717, 1.165) is 18.4 Å². The van der Waals surface area contributed by atoms with E-state index in [1.54, 1.807) is 18.5 Å². The Morgan fingerprint density at radius 2 is 2.08 bits per heavy atom. The Bertz CT molecular complexity index is 733. The first-order valence-electron chi connectivity index (χ1n) is 7.95. The Morgan fingerprint density at radius 3 is 2.71 bits per heavy atom. The summed E-state index contributed by atoms with van der Waals surface area (Å²) in [5, 5.41) is 10.1. The minimum Gasteiger partial charge on any atom is -0.503 e. The molecule has 2 aromatic rings. The Labute approximate surface area is 145 Å². The summed E-state index contributed by atoms with van der Waals surface area (Å²) in [4.78, 5) is 18.8. The largest absolute Gasteiger partial charge is 0.503 e. The van der Waals surface area contributed by atoms with Crippen LogP contribution in [-0.4, -0.2) is 33.5 Å². The molecule has 0 saturated heterocycles. The van der Waals surface area contributed by atoms with Crippen molar-refractivity contribution in [2.45, 2.75) is 32.4 Å². The number of phenols is 1. The van der Waals surface area contributed by atoms with Crippen LogP contribution in [0.2, 0.25) is 5.02 Å². The number of phenolic OH excluding ortho intramolecular Hbond substituents is 1. The van der Waals surface area contributed by atoms with Gasteiger partial charge in [0, 0.05) is 30.5 Å². The van der Waals surface area contributed by atoms with E-state index in [9.17, 15) is 9.90 Å². The Kier molecular flexibility index (Phi) is 4.90. The fraction of sp³-hybridized carbons (Fsp3) is 0.333. The normalized spacial score (nSPS) is 13.6. The van der Waals surface area contributed by atoms with Crippen molar-refractivity contribution < 1.29 is 14.6 Å². The molecule has 1 heterocycles. The molecule has 0 bridgehead atoms. The second-order valence-corrected chi connectivity index (χ2v) is 6.16. The number of benzene rings is 1. The van der Waals surface area contributed by atoms with Crippen LogP contribution in [0, 0.1) is 0 Å². The lowest BCUT2D eigenvalue weighted by atomic mass is 10.1. The molecule has 126 valence electrons. The molecule has 3 rings (SSSR count). The second-order valence-electron chi connectivity index (χ2n) is 5.76. The highest BCUT2D eigenvalue weighted by atomic mass is 35.5. The van der Waals surface area contributed by atoms with Crippen molar-refractivity contribution in [1.29, 1.82) is 0 Å². The predicted octanol–water partition coefficient (Wildman–Crippen LogP) is 3.64. The van der Waals surface area contributed by atoms with Crippen molar-refractivity contribution in [1.82, 2.24) is 9.88 Å². The fourth-order valence-electron chi connectivity index (χ4n) is 2.57. The summed E-state index contributed by atoms with van der Waals surface area (Å²) in [6, 6.07) is 7.09. The van der Waals surface area contributed by atoms with Crippen LogP contribution in [-0.2, 0) is 6.54 Å². The molecule has 0 spiro atoms. The van der Waals surface area contributed by atoms with Crippen LogP contribution in [0.4, 0.5) is 0 Å². The minimum absolute atomic E-state index is 0.114. The third-order valence-electron chi connectivity index (χ3n) is 3.93. The third-order valence-corrected chi connectivity index (χ3v) is 4.21. The quantitative estimate of drug-likeness (QED) is 0.867. The van der Waals surface area contributed by atoms with Crippen LogP contribution in [0.25, 0.3) is 0 Å². The van der Waals surface area contributed by atoms with Gasteiger partial charge in [-0.3, -0.25) is 9.78 Å². The van der Waals surface area contributed by atoms with Gasteiger partial charge in [-0.05, 0) is 49.6 Å². The van der Waals surface area contributed by atoms with Crippen molar-refractivity contribution in [3.8, 4) is 11.5 Å². The molecule has 1 fully saturated rings. The zero-order valence-electron chi connectivity index (χ0n) is 13.4. The number of hydrogen-bond acceptors (Lipinski definition) is 4. The Hall–Kier alpha value is -2.27. The molecule has 1 aromatic carbocycles. The van der Waals surface area contributed by atoms with Gasteiger partial charge in [-0.25, -0.2) is 0 Å². The molecule has 1 aromatic heterocycles. The van der Waals surface area contributed by atoms with E-state index in [4.69, 9.17) is 16.3 Å². The van der Waals surface area contributed by atoms with E-state index >= 15 is 0 Å². The topological polar surface area (TPSA) is 62.7 Å². The average Bonchev–Trinajstić information content (AvgIpc) is 3.42. The molecule has 1 amide bonds. The van der Waals surface area contributed by atoms with E-state index in [-0.39, 0.29) is 28.5 Å². The fourth-order valence-corrected chi connectivity index (χ4v) is 2.78. The molecule has 0 unspecified atom stereocenters. The number of carbonyl (C=O) groups is 1. The number of amides is 1. The Balaban J connectivity index is 1.88. The summed E-state index contributed by atoms with van der Waals surface area (Å²) in [7, 11) is 0. The number of hydrogen-bond donors (Lipinski definition) is 1. The minimum atomic E-state index is -0.137. The molecule has 1 aliphatic carbocycles. The standard InChI is InChI=1S/C18H19ClN2O3/c1-2-24-16-10-13(9-15(19)17(16)22)18(23)21(14-3-4-14)11-12-5-7-20-8-6-12/h5-10,14,22H,2-4,11H2,1H3. The number of nitrogens with zero attached hydrogens (tertiary/aromatic N) is 2. The van der Waals surface area contributed by atoms with Gasteiger partial charge in [-0.1, -0.05) is 11.6 Å². The van der Waals surface area contributed by atoms with Crippen LogP contribution in [0.15, 0.2) is 36.7 Å². The second kappa shape index (κ2) is 7.09. The van der Waals surface area contributed by atoms with E-state index in [1.165, 1.54) is 6.07 Å². The molecule has 1 N–H and O–H groups in total. The number of aromatic hydroxyl groups is 1. The van der Waals surface area contributed by atoms with Gasteiger partial charge in [-0.2, -0.15) is 0 Å². The highest BCUT2D eigenvalue weighted by Crippen LogP contribution is 2.37. The zero-order chi connectivity index (χ0) is 17.1. The van der Waals surface area contributed by atoms with Crippen LogP contribution in [0.5, 0.6) is 11.5 Å². The molecule has 1 aliphatic rings. The van der Waals surface area contributed by atoms with Crippen molar-refractivity contribution in [3.63, 3.8) is 0 Å². The molecule has 6 heteroatoms. The summed E-state index contributed by atoms with van der Waals surface area (Å²) < 4.78 is 5.37. The van der Waals surface area contributed by atoms with E-state index in [1.807, 2.05) is 24.0 Å². The van der Waals surface area contributed by atoms with Crippen LogP contribution in [0.1, 0.15) is 35.7 Å². The monoisotopic (exact) mass is 346 g/mol. The lowest BCUT2D eigenvalue weighted by molar-refractivity contribution is 0.0729. The zero-order valence-corrected chi connectivity index (χ0v) is 14.2. The molecule has 0 radical (unpaired) electrons. The van der Waals surface area contributed by atoms with Crippen molar-refractivity contribution in [2.24, 2.45) is 0 Å². The lowest BCUT2D eigenvalue weighted by Crippen LogP contribution is -2.32. The van der Waals surface area contributed by atoms with Crippen LogP contribution < -0.4 is 4.74 Å². The molecule has 1 saturated carbocycles. The highest BCUT2D eigenvalue weighted by Gasteiger charge is 2.33. The molecule has 5 nitrogen and oxygen atoms in total. The maximum Gasteiger partial charge on any atom is 0.254 e. The maximum atomic E-state index is 13.0. The first kappa shape index (κ1) is 16.6. The lowest BCUT2D eigenvalue weighted by Gasteiger charge is -2.23. The number of halogens is 1. The van der Waals surface area contributed by atoms with Gasteiger partial charge in [0.05, 0.1) is 11.6 Å². The molecular formula is C18H19ClN2O3. The Morgan fingerprint density at radius 1 is 1.38 bits per heavy atom. The smallest absolute Gasteiger partial charge is 0.254 e. The van der Waals surface area contributed by atoms with E-state index in [0.29, 0.717) is 18.7 Å². The maximum absolute atomic E-state index is 13.0. The van der Waals surface area contributed by atoms with Gasteiger partial charge in [-0.15, -0.1) is 0 Å². The van der Waals surface area contributed by atoms with Gasteiger partial charge in [0.1, 0.15) is 0 Å². The summed E-state index contributed by atoms with van der Waals surface area (Å²) in [6.07, 6.45) is 5.44. The molecule has 0 atom stereocenters. The number of aromatic nitrogens is 1. The van der Waals surface area contributed by atoms with Crippen LogP contribution in [0.3, 0.4) is 0 Å². The highest BCUT2D eigenvalue weighted by molar-refractivity contribution is 6.32. The predicted molar refractivity (Wildman–Crippen MR) is 91.4 cm³/mol. The van der Waals surface area contributed by atoms with Crippen molar-refractivity contribution >= 4 is 17.5 Å². The summed E-state index contributed by atoms with van der Waals surface area (Å²) in [5.41, 5.74) is 1.45. The van der Waals surface area contributed by atoms with Gasteiger partial charge in [0.15, 0.2) is 11.5 Å². The SMILES string of the molecule is CCOc1cc(C(=O)N(Cc2ccncc2)C2CC2)cc(Cl)c1O. The first-order chi connectivity index (χ1) is 11.6. The summed E-state index contributed by atoms with van der Waals surface area (Å²) in [5.74, 6) is -0.0210. The van der Waals surface area contributed by atoms with Crippen LogP contribution >= 0.6 is 11.6 Å². The van der Waals surface area contributed by atoms with Gasteiger partial charge in [0.2, 0.25) is 0 Å². The first-order valence-corrected chi connectivity index (χ1v) is 8.33.